The summed E-state index contributed by atoms with van der Waals surface area (Å²) in [4.78, 5) is 25.7. The van der Waals surface area contributed by atoms with Crippen molar-refractivity contribution in [2.75, 3.05) is 25.5 Å². The molecule has 120 valence electrons. The Morgan fingerprint density at radius 3 is 2.50 bits per heavy atom. The number of likely N-dealkylation sites (tertiary alicyclic amines) is 1. The van der Waals surface area contributed by atoms with Crippen molar-refractivity contribution in [3.63, 3.8) is 0 Å². The largest absolute Gasteiger partial charge is 0.469 e. The number of esters is 1. The summed E-state index contributed by atoms with van der Waals surface area (Å²) in [6.45, 7) is 3.28. The number of carbonyl (C=O) groups excluding carboxylic acids is 2. The van der Waals surface area contributed by atoms with E-state index in [9.17, 15) is 9.59 Å². The third-order valence-corrected chi connectivity index (χ3v) is 4.05. The fourth-order valence-corrected chi connectivity index (χ4v) is 2.79. The summed E-state index contributed by atoms with van der Waals surface area (Å²) in [5.74, 6) is -0.0839. The molecule has 0 saturated carbocycles. The van der Waals surface area contributed by atoms with Gasteiger partial charge in [-0.2, -0.15) is 0 Å². The zero-order valence-corrected chi connectivity index (χ0v) is 13.2. The first kappa shape index (κ1) is 16.3. The second-order valence-corrected chi connectivity index (χ2v) is 5.79. The Morgan fingerprint density at radius 2 is 1.91 bits per heavy atom. The Kier molecular flexibility index (Phi) is 5.81. The molecule has 5 heteroatoms. The highest BCUT2D eigenvalue weighted by Gasteiger charge is 2.28. The molecule has 0 aromatic heterocycles. The third kappa shape index (κ3) is 4.48. The molecule has 1 saturated heterocycles. The molecule has 0 bridgehead atoms. The number of hydrogen-bond acceptors (Lipinski definition) is 4. The second-order valence-electron chi connectivity index (χ2n) is 5.79. The SMILES string of the molecule is COC(=O)C1CCN(C(=O)C[C@H](C)Nc2ccccc2)CC1. The van der Waals surface area contributed by atoms with Crippen LogP contribution in [0.15, 0.2) is 30.3 Å². The van der Waals surface area contributed by atoms with Gasteiger partial charge in [-0.25, -0.2) is 0 Å². The van der Waals surface area contributed by atoms with E-state index in [-0.39, 0.29) is 23.8 Å². The van der Waals surface area contributed by atoms with Gasteiger partial charge in [-0.05, 0) is 31.9 Å². The van der Waals surface area contributed by atoms with Crippen LogP contribution in [0.5, 0.6) is 0 Å². The summed E-state index contributed by atoms with van der Waals surface area (Å²) in [6.07, 6.45) is 1.84. The topological polar surface area (TPSA) is 58.6 Å². The minimum atomic E-state index is -0.161. The van der Waals surface area contributed by atoms with E-state index in [1.165, 1.54) is 7.11 Å². The number of carbonyl (C=O) groups is 2. The first-order valence-corrected chi connectivity index (χ1v) is 7.77. The van der Waals surface area contributed by atoms with E-state index in [4.69, 9.17) is 4.74 Å². The van der Waals surface area contributed by atoms with Gasteiger partial charge in [-0.1, -0.05) is 18.2 Å². The van der Waals surface area contributed by atoms with Crippen LogP contribution in [0, 0.1) is 5.92 Å². The van der Waals surface area contributed by atoms with Gasteiger partial charge in [0.1, 0.15) is 0 Å². The highest BCUT2D eigenvalue weighted by atomic mass is 16.5. The van der Waals surface area contributed by atoms with Gasteiger partial charge in [0.05, 0.1) is 13.0 Å². The molecular formula is C17H24N2O3. The molecule has 0 aliphatic carbocycles. The standard InChI is InChI=1S/C17H24N2O3/c1-13(18-15-6-4-3-5-7-15)12-16(20)19-10-8-14(9-11-19)17(21)22-2/h3-7,13-14,18H,8-12H2,1-2H3/t13-/m0/s1. The molecule has 1 aromatic carbocycles. The van der Waals surface area contributed by atoms with Gasteiger partial charge in [0.15, 0.2) is 0 Å². The first-order valence-electron chi connectivity index (χ1n) is 7.77. The number of amides is 1. The van der Waals surface area contributed by atoms with Crippen LogP contribution in [-0.2, 0) is 14.3 Å². The molecule has 1 N–H and O–H groups in total. The van der Waals surface area contributed by atoms with Gasteiger partial charge >= 0.3 is 5.97 Å². The summed E-state index contributed by atoms with van der Waals surface area (Å²) < 4.78 is 4.76. The molecule has 1 amide bonds. The van der Waals surface area contributed by atoms with Crippen molar-refractivity contribution in [1.29, 1.82) is 0 Å². The van der Waals surface area contributed by atoms with Crippen molar-refractivity contribution < 1.29 is 14.3 Å². The maximum Gasteiger partial charge on any atom is 0.308 e. The summed E-state index contributed by atoms with van der Waals surface area (Å²) in [5.41, 5.74) is 1.02. The number of ether oxygens (including phenoxy) is 1. The molecule has 2 rings (SSSR count). The summed E-state index contributed by atoms with van der Waals surface area (Å²) in [6, 6.07) is 9.95. The smallest absolute Gasteiger partial charge is 0.308 e. The molecule has 1 atom stereocenters. The second kappa shape index (κ2) is 7.82. The van der Waals surface area contributed by atoms with Gasteiger partial charge in [-0.3, -0.25) is 9.59 Å². The van der Waals surface area contributed by atoms with Crippen LogP contribution < -0.4 is 5.32 Å². The van der Waals surface area contributed by atoms with Gasteiger partial charge in [0.2, 0.25) is 5.91 Å². The maximum absolute atomic E-state index is 12.3. The molecule has 1 aliphatic rings. The quantitative estimate of drug-likeness (QED) is 0.848. The minimum Gasteiger partial charge on any atom is -0.469 e. The number of hydrogen-bond donors (Lipinski definition) is 1. The number of piperidine rings is 1. The Balaban J connectivity index is 1.77. The Bertz CT molecular complexity index is 496. The highest BCUT2D eigenvalue weighted by molar-refractivity contribution is 5.78. The lowest BCUT2D eigenvalue weighted by atomic mass is 9.96. The minimum absolute atomic E-state index is 0.0612. The van der Waals surface area contributed by atoms with E-state index in [2.05, 4.69) is 5.32 Å². The number of para-hydroxylation sites is 1. The number of nitrogens with zero attached hydrogens (tertiary/aromatic N) is 1. The lowest BCUT2D eigenvalue weighted by Gasteiger charge is -2.31. The third-order valence-electron chi connectivity index (χ3n) is 4.05. The number of methoxy groups -OCH3 is 1. The summed E-state index contributed by atoms with van der Waals surface area (Å²) in [5, 5.41) is 3.33. The Labute approximate surface area is 131 Å². The van der Waals surface area contributed by atoms with Crippen LogP contribution in [0.3, 0.4) is 0 Å². The molecular weight excluding hydrogens is 280 g/mol. The molecule has 22 heavy (non-hydrogen) atoms. The molecule has 1 aromatic rings. The number of benzene rings is 1. The van der Waals surface area contributed by atoms with Crippen LogP contribution in [0.4, 0.5) is 5.69 Å². The fraction of sp³-hybridized carbons (Fsp3) is 0.529. The van der Waals surface area contributed by atoms with Crippen molar-refractivity contribution in [1.82, 2.24) is 4.90 Å². The van der Waals surface area contributed by atoms with Crippen molar-refractivity contribution in [2.45, 2.75) is 32.2 Å². The monoisotopic (exact) mass is 304 g/mol. The lowest BCUT2D eigenvalue weighted by molar-refractivity contribution is -0.148. The van der Waals surface area contributed by atoms with E-state index >= 15 is 0 Å². The zero-order valence-electron chi connectivity index (χ0n) is 13.2. The van der Waals surface area contributed by atoms with Crippen molar-refractivity contribution in [3.05, 3.63) is 30.3 Å². The molecule has 0 spiro atoms. The normalized spacial score (nSPS) is 16.9. The van der Waals surface area contributed by atoms with E-state index in [0.29, 0.717) is 32.4 Å². The molecule has 0 radical (unpaired) electrons. The first-order chi connectivity index (χ1) is 10.6. The highest BCUT2D eigenvalue weighted by Crippen LogP contribution is 2.19. The predicted octanol–water partition coefficient (Wildman–Crippen LogP) is 2.29. The lowest BCUT2D eigenvalue weighted by Crippen LogP contribution is -2.42. The van der Waals surface area contributed by atoms with Gasteiger partial charge in [0.25, 0.3) is 0 Å². The van der Waals surface area contributed by atoms with Crippen LogP contribution in [0.1, 0.15) is 26.2 Å². The van der Waals surface area contributed by atoms with Crippen molar-refractivity contribution in [3.8, 4) is 0 Å². The summed E-state index contributed by atoms with van der Waals surface area (Å²) >= 11 is 0. The number of rotatable bonds is 5. The average molecular weight is 304 g/mol. The van der Waals surface area contributed by atoms with E-state index in [1.807, 2.05) is 42.2 Å². The van der Waals surface area contributed by atoms with E-state index < -0.39 is 0 Å². The van der Waals surface area contributed by atoms with Crippen molar-refractivity contribution in [2.24, 2.45) is 5.92 Å². The molecule has 5 nitrogen and oxygen atoms in total. The van der Waals surface area contributed by atoms with Crippen LogP contribution in [0.25, 0.3) is 0 Å². The molecule has 0 unspecified atom stereocenters. The maximum atomic E-state index is 12.3. The van der Waals surface area contributed by atoms with Gasteiger partial charge in [-0.15, -0.1) is 0 Å². The predicted molar refractivity (Wildman–Crippen MR) is 85.5 cm³/mol. The van der Waals surface area contributed by atoms with E-state index in [0.717, 1.165) is 5.69 Å². The van der Waals surface area contributed by atoms with Crippen LogP contribution >= 0.6 is 0 Å². The molecule has 1 fully saturated rings. The molecule has 1 aliphatic heterocycles. The van der Waals surface area contributed by atoms with Gasteiger partial charge < -0.3 is 15.0 Å². The average Bonchev–Trinajstić information content (AvgIpc) is 2.55. The Morgan fingerprint density at radius 1 is 1.27 bits per heavy atom. The summed E-state index contributed by atoms with van der Waals surface area (Å²) in [7, 11) is 1.41. The van der Waals surface area contributed by atoms with Crippen LogP contribution in [0.2, 0.25) is 0 Å². The van der Waals surface area contributed by atoms with Crippen molar-refractivity contribution >= 4 is 17.6 Å². The molecule has 1 heterocycles. The number of nitrogens with one attached hydrogen (secondary N) is 1. The van der Waals surface area contributed by atoms with E-state index in [1.54, 1.807) is 0 Å². The van der Waals surface area contributed by atoms with Crippen LogP contribution in [-0.4, -0.2) is 43.0 Å². The Hall–Kier alpha value is -2.04. The van der Waals surface area contributed by atoms with Gasteiger partial charge in [0, 0.05) is 31.2 Å². The fourth-order valence-electron chi connectivity index (χ4n) is 2.79. The number of anilines is 1. The zero-order chi connectivity index (χ0) is 15.9.